The van der Waals surface area contributed by atoms with Crippen LogP contribution in [-0.4, -0.2) is 11.8 Å². The molecule has 0 aliphatic heterocycles. The van der Waals surface area contributed by atoms with Crippen LogP contribution in [0.25, 0.3) is 0 Å². The molecule has 0 radical (unpaired) electrons. The van der Waals surface area contributed by atoms with Gasteiger partial charge in [-0.25, -0.2) is 0 Å². The molecule has 0 saturated carbocycles. The Morgan fingerprint density at radius 3 is 2.43 bits per heavy atom. The van der Waals surface area contributed by atoms with Crippen molar-refractivity contribution in [2.75, 3.05) is 0 Å². The van der Waals surface area contributed by atoms with Crippen molar-refractivity contribution < 1.29 is 4.79 Å². The first-order valence-electron chi connectivity index (χ1n) is 5.02. The Morgan fingerprint density at radius 2 is 2.00 bits per heavy atom. The van der Waals surface area contributed by atoms with Gasteiger partial charge in [0.05, 0.1) is 6.42 Å². The van der Waals surface area contributed by atoms with Crippen LogP contribution in [0, 0.1) is 17.3 Å². The molecule has 0 bridgehead atoms. The highest BCUT2D eigenvalue weighted by Crippen LogP contribution is 2.21. The Kier molecular flexibility index (Phi) is 5.49. The SMILES string of the molecule is CC#CCC(=O)CC(N)CC(C)(C)C. The van der Waals surface area contributed by atoms with E-state index in [1.165, 1.54) is 0 Å². The van der Waals surface area contributed by atoms with Gasteiger partial charge in [0.25, 0.3) is 0 Å². The summed E-state index contributed by atoms with van der Waals surface area (Å²) in [6.45, 7) is 8.12. The van der Waals surface area contributed by atoms with Crippen molar-refractivity contribution in [2.24, 2.45) is 11.1 Å². The van der Waals surface area contributed by atoms with Crippen molar-refractivity contribution in [3.8, 4) is 11.8 Å². The number of carbonyl (C=O) groups is 1. The summed E-state index contributed by atoms with van der Waals surface area (Å²) in [5.41, 5.74) is 6.05. The Morgan fingerprint density at radius 1 is 1.43 bits per heavy atom. The highest BCUT2D eigenvalue weighted by Gasteiger charge is 2.17. The van der Waals surface area contributed by atoms with Crippen LogP contribution >= 0.6 is 0 Å². The fourth-order valence-electron chi connectivity index (χ4n) is 1.41. The summed E-state index contributed by atoms with van der Waals surface area (Å²) < 4.78 is 0. The van der Waals surface area contributed by atoms with Crippen LogP contribution in [0.2, 0.25) is 0 Å². The van der Waals surface area contributed by atoms with Gasteiger partial charge in [0.2, 0.25) is 0 Å². The second-order valence-corrected chi connectivity index (χ2v) is 4.87. The molecule has 2 nitrogen and oxygen atoms in total. The number of rotatable bonds is 4. The van der Waals surface area contributed by atoms with Gasteiger partial charge in [0.1, 0.15) is 5.78 Å². The average molecular weight is 195 g/mol. The summed E-state index contributed by atoms with van der Waals surface area (Å²) >= 11 is 0. The molecule has 0 aromatic carbocycles. The maximum absolute atomic E-state index is 11.3. The third kappa shape index (κ3) is 7.82. The van der Waals surface area contributed by atoms with E-state index in [0.717, 1.165) is 6.42 Å². The minimum Gasteiger partial charge on any atom is -0.327 e. The topological polar surface area (TPSA) is 43.1 Å². The number of hydrogen-bond acceptors (Lipinski definition) is 2. The smallest absolute Gasteiger partial charge is 0.146 e. The van der Waals surface area contributed by atoms with Gasteiger partial charge in [-0.2, -0.15) is 0 Å². The standard InChI is InChI=1S/C12H21NO/c1-5-6-7-11(14)8-10(13)9-12(2,3)4/h10H,7-9,13H2,1-4H3. The molecular weight excluding hydrogens is 174 g/mol. The molecule has 2 N–H and O–H groups in total. The summed E-state index contributed by atoms with van der Waals surface area (Å²) in [5.74, 6) is 5.62. The lowest BCUT2D eigenvalue weighted by Gasteiger charge is -2.22. The Hall–Kier alpha value is -0.810. The molecule has 1 unspecified atom stereocenters. The van der Waals surface area contributed by atoms with Gasteiger partial charge >= 0.3 is 0 Å². The molecule has 0 spiro atoms. The largest absolute Gasteiger partial charge is 0.327 e. The van der Waals surface area contributed by atoms with Crippen LogP contribution in [0.15, 0.2) is 0 Å². The number of nitrogens with two attached hydrogens (primary N) is 1. The molecule has 0 saturated heterocycles. The van der Waals surface area contributed by atoms with E-state index < -0.39 is 0 Å². The third-order valence-electron chi connectivity index (χ3n) is 1.83. The lowest BCUT2D eigenvalue weighted by atomic mass is 9.86. The maximum Gasteiger partial charge on any atom is 0.146 e. The molecule has 0 rings (SSSR count). The van der Waals surface area contributed by atoms with E-state index in [1.54, 1.807) is 6.92 Å². The third-order valence-corrected chi connectivity index (χ3v) is 1.83. The Bertz CT molecular complexity index is 239. The van der Waals surface area contributed by atoms with E-state index in [1.807, 2.05) is 0 Å². The number of carbonyl (C=O) groups excluding carboxylic acids is 1. The average Bonchev–Trinajstić information content (AvgIpc) is 1.96. The van der Waals surface area contributed by atoms with E-state index in [4.69, 9.17) is 5.73 Å². The highest BCUT2D eigenvalue weighted by molar-refractivity contribution is 5.81. The van der Waals surface area contributed by atoms with Crippen LogP contribution in [0.5, 0.6) is 0 Å². The predicted molar refractivity (Wildman–Crippen MR) is 59.7 cm³/mol. The van der Waals surface area contributed by atoms with Crippen molar-refractivity contribution in [1.82, 2.24) is 0 Å². The normalized spacial score (nSPS) is 12.9. The molecule has 0 fully saturated rings. The van der Waals surface area contributed by atoms with Crippen LogP contribution in [0.4, 0.5) is 0 Å². The molecule has 2 heteroatoms. The molecule has 0 amide bonds. The minimum absolute atomic E-state index is 0.0267. The second-order valence-electron chi connectivity index (χ2n) is 4.87. The molecule has 80 valence electrons. The van der Waals surface area contributed by atoms with Crippen LogP contribution in [0.1, 0.15) is 47.0 Å². The molecule has 0 aromatic heterocycles. The Balaban J connectivity index is 3.86. The molecule has 1 atom stereocenters. The fourth-order valence-corrected chi connectivity index (χ4v) is 1.41. The molecule has 0 heterocycles. The molecule has 14 heavy (non-hydrogen) atoms. The highest BCUT2D eigenvalue weighted by atomic mass is 16.1. The summed E-state index contributed by atoms with van der Waals surface area (Å²) in [5, 5.41) is 0. The first-order valence-corrected chi connectivity index (χ1v) is 5.02. The maximum atomic E-state index is 11.3. The Labute approximate surface area is 87.3 Å². The fraction of sp³-hybridized carbons (Fsp3) is 0.750. The van der Waals surface area contributed by atoms with E-state index >= 15 is 0 Å². The quantitative estimate of drug-likeness (QED) is 0.698. The van der Waals surface area contributed by atoms with Crippen LogP contribution < -0.4 is 5.73 Å². The zero-order valence-electron chi connectivity index (χ0n) is 9.68. The van der Waals surface area contributed by atoms with Crippen molar-refractivity contribution in [3.63, 3.8) is 0 Å². The van der Waals surface area contributed by atoms with Crippen molar-refractivity contribution >= 4 is 5.78 Å². The summed E-state index contributed by atoms with van der Waals surface area (Å²) in [6, 6.07) is -0.0267. The van der Waals surface area contributed by atoms with Gasteiger partial charge in [-0.05, 0) is 18.8 Å². The second kappa shape index (κ2) is 5.82. The van der Waals surface area contributed by atoms with E-state index in [-0.39, 0.29) is 17.2 Å². The monoisotopic (exact) mass is 195 g/mol. The van der Waals surface area contributed by atoms with Crippen LogP contribution in [0.3, 0.4) is 0 Å². The van der Waals surface area contributed by atoms with Crippen LogP contribution in [-0.2, 0) is 4.79 Å². The predicted octanol–water partition coefficient (Wildman–Crippen LogP) is 2.12. The summed E-state index contributed by atoms with van der Waals surface area (Å²) in [4.78, 5) is 11.3. The van der Waals surface area contributed by atoms with E-state index in [0.29, 0.717) is 12.8 Å². The van der Waals surface area contributed by atoms with Crippen molar-refractivity contribution in [1.29, 1.82) is 0 Å². The minimum atomic E-state index is -0.0267. The number of ketones is 1. The first-order chi connectivity index (χ1) is 6.35. The summed E-state index contributed by atoms with van der Waals surface area (Å²) in [7, 11) is 0. The van der Waals surface area contributed by atoms with E-state index in [2.05, 4.69) is 32.6 Å². The lowest BCUT2D eigenvalue weighted by Crippen LogP contribution is -2.28. The van der Waals surface area contributed by atoms with Crippen molar-refractivity contribution in [3.05, 3.63) is 0 Å². The van der Waals surface area contributed by atoms with Crippen molar-refractivity contribution in [2.45, 2.75) is 53.0 Å². The summed E-state index contributed by atoms with van der Waals surface area (Å²) in [6.07, 6.45) is 1.67. The van der Waals surface area contributed by atoms with Gasteiger partial charge in [-0.1, -0.05) is 26.7 Å². The number of hydrogen-bond donors (Lipinski definition) is 1. The van der Waals surface area contributed by atoms with Gasteiger partial charge in [0.15, 0.2) is 0 Å². The van der Waals surface area contributed by atoms with Gasteiger partial charge in [-0.3, -0.25) is 4.79 Å². The molecular formula is C12H21NO. The van der Waals surface area contributed by atoms with Gasteiger partial charge in [0, 0.05) is 12.5 Å². The molecule has 0 aromatic rings. The van der Waals surface area contributed by atoms with Gasteiger partial charge in [-0.15, -0.1) is 5.92 Å². The lowest BCUT2D eigenvalue weighted by molar-refractivity contribution is -0.118. The molecule has 0 aliphatic carbocycles. The number of Topliss-reactive ketones (excluding diaryl/α,β-unsaturated/α-hetero) is 1. The molecule has 0 aliphatic rings. The zero-order valence-corrected chi connectivity index (χ0v) is 9.68. The zero-order chi connectivity index (χ0) is 11.2. The first kappa shape index (κ1) is 13.2. The van der Waals surface area contributed by atoms with Gasteiger partial charge < -0.3 is 5.73 Å². The van der Waals surface area contributed by atoms with E-state index in [9.17, 15) is 4.79 Å².